The number of halogens is 3. The highest BCUT2D eigenvalue weighted by Gasteiger charge is 2.51. The van der Waals surface area contributed by atoms with Gasteiger partial charge < -0.3 is 19.2 Å². The van der Waals surface area contributed by atoms with Gasteiger partial charge in [-0.05, 0) is 64.7 Å². The summed E-state index contributed by atoms with van der Waals surface area (Å²) in [6, 6.07) is 2.54. The first-order valence-corrected chi connectivity index (χ1v) is 13.0. The first-order chi connectivity index (χ1) is 17.2. The molecule has 37 heavy (non-hydrogen) atoms. The van der Waals surface area contributed by atoms with E-state index in [1.54, 1.807) is 11.6 Å². The summed E-state index contributed by atoms with van der Waals surface area (Å²) in [6.07, 6.45) is -1.09. The first-order valence-electron chi connectivity index (χ1n) is 12.1. The van der Waals surface area contributed by atoms with Gasteiger partial charge in [0, 0.05) is 24.7 Å². The number of anilines is 1. The number of fused-ring (bicyclic) bond motifs is 3. The minimum absolute atomic E-state index is 0.0997. The number of piperidine rings is 1. The van der Waals surface area contributed by atoms with Gasteiger partial charge in [0.25, 0.3) is 6.01 Å². The molecule has 2 aliphatic rings. The highest BCUT2D eigenvalue weighted by molar-refractivity contribution is 7.13. The maximum Gasteiger partial charge on any atom is 0.421 e. The fraction of sp³-hybridized carbons (Fsp3) is 0.560. The number of hydrogen-bond acceptors (Lipinski definition) is 8. The molecule has 1 aromatic carbocycles. The molecule has 0 aliphatic carbocycles. The van der Waals surface area contributed by atoms with E-state index in [9.17, 15) is 23.1 Å². The third-order valence-corrected chi connectivity index (χ3v) is 7.66. The molecule has 5 rings (SSSR count). The van der Waals surface area contributed by atoms with Crippen molar-refractivity contribution in [2.75, 3.05) is 18.0 Å². The van der Waals surface area contributed by atoms with Gasteiger partial charge >= 0.3 is 12.3 Å². The number of nitrogens with zero attached hydrogens (tertiary/aromatic N) is 4. The molecule has 3 atom stereocenters. The maximum atomic E-state index is 13.7. The molecule has 2 aromatic heterocycles. The Labute approximate surface area is 216 Å². The number of carbonyl (C=O) groups excluding carboxylic acids is 1. The lowest BCUT2D eigenvalue weighted by atomic mass is 9.92. The van der Waals surface area contributed by atoms with Crippen LogP contribution >= 0.6 is 11.3 Å². The number of benzene rings is 1. The second-order valence-corrected chi connectivity index (χ2v) is 11.7. The van der Waals surface area contributed by atoms with Crippen molar-refractivity contribution in [3.63, 3.8) is 0 Å². The molecule has 1 N–H and O–H groups in total. The summed E-state index contributed by atoms with van der Waals surface area (Å²) in [5, 5.41) is 12.5. The molecule has 3 unspecified atom stereocenters. The number of rotatable bonds is 3. The molecule has 2 saturated heterocycles. The van der Waals surface area contributed by atoms with Crippen LogP contribution in [0.15, 0.2) is 28.1 Å². The van der Waals surface area contributed by atoms with Gasteiger partial charge in [0.1, 0.15) is 16.1 Å². The Morgan fingerprint density at radius 3 is 2.41 bits per heavy atom. The van der Waals surface area contributed by atoms with Crippen molar-refractivity contribution in [2.24, 2.45) is 0 Å². The van der Waals surface area contributed by atoms with Crippen molar-refractivity contribution >= 4 is 34.5 Å². The Morgan fingerprint density at radius 1 is 1.16 bits per heavy atom. The second-order valence-electron chi connectivity index (χ2n) is 10.8. The fourth-order valence-corrected chi connectivity index (χ4v) is 5.64. The van der Waals surface area contributed by atoms with E-state index in [2.05, 4.69) is 9.97 Å². The van der Waals surface area contributed by atoms with Crippen LogP contribution in [0.3, 0.4) is 0 Å². The first kappa shape index (κ1) is 25.8. The Hall–Kier alpha value is -2.86. The molecular weight excluding hydrogens is 509 g/mol. The highest BCUT2D eigenvalue weighted by atomic mass is 32.1. The number of carbonyl (C=O) groups is 1. The lowest BCUT2D eigenvalue weighted by Gasteiger charge is -2.49. The molecule has 0 radical (unpaired) electrons. The number of ether oxygens (including phenoxy) is 1. The monoisotopic (exact) mass is 538 g/mol. The minimum Gasteiger partial charge on any atom is -0.444 e. The molecule has 200 valence electrons. The number of aliphatic hydroxyl groups is 1. The molecule has 2 fully saturated rings. The second kappa shape index (κ2) is 8.87. The van der Waals surface area contributed by atoms with Gasteiger partial charge in [-0.15, -0.1) is 11.3 Å². The van der Waals surface area contributed by atoms with Crippen molar-refractivity contribution in [1.29, 1.82) is 0 Å². The van der Waals surface area contributed by atoms with E-state index < -0.39 is 17.4 Å². The zero-order chi connectivity index (χ0) is 26.8. The molecule has 8 nitrogen and oxygen atoms in total. The van der Waals surface area contributed by atoms with Gasteiger partial charge in [0.2, 0.25) is 0 Å². The van der Waals surface area contributed by atoms with Crippen LogP contribution < -0.4 is 4.90 Å². The molecule has 2 aliphatic heterocycles. The summed E-state index contributed by atoms with van der Waals surface area (Å²) in [6.45, 7) is 7.14. The van der Waals surface area contributed by atoms with Gasteiger partial charge in [0.05, 0.1) is 17.6 Å². The number of hydrogen-bond donors (Lipinski definition) is 1. The average Bonchev–Trinajstić information content (AvgIpc) is 3.45. The third-order valence-electron chi connectivity index (χ3n) is 6.85. The molecular formula is C25H29F3N4O4S. The summed E-state index contributed by atoms with van der Waals surface area (Å²) < 4.78 is 52.8. The van der Waals surface area contributed by atoms with Crippen LogP contribution in [0.1, 0.15) is 52.5 Å². The lowest BCUT2D eigenvalue weighted by Crippen LogP contribution is -2.63. The smallest absolute Gasteiger partial charge is 0.421 e. The predicted molar refractivity (Wildman–Crippen MR) is 132 cm³/mol. The van der Waals surface area contributed by atoms with Crippen molar-refractivity contribution < 1.29 is 32.2 Å². The van der Waals surface area contributed by atoms with E-state index >= 15 is 0 Å². The predicted octanol–water partition coefficient (Wildman–Crippen LogP) is 5.70. The molecule has 3 aromatic rings. The molecule has 12 heteroatoms. The van der Waals surface area contributed by atoms with E-state index in [1.165, 1.54) is 23.5 Å². The standard InChI is InChI=1S/C25H29F3N4O4S/c1-23(2,3)36-22(33)32-15-6-5-7-16(32)13-31(12-15)21-30-18-11-14(24(4,34)25(26,27)28)10-17(19(18)35-21)20-29-8-9-37-20/h8-11,15-16,34H,5-7,12-13H2,1-4H3. The number of oxazole rings is 1. The Kier molecular flexibility index (Phi) is 6.18. The Morgan fingerprint density at radius 2 is 1.84 bits per heavy atom. The summed E-state index contributed by atoms with van der Waals surface area (Å²) in [7, 11) is 0. The van der Waals surface area contributed by atoms with E-state index in [4.69, 9.17) is 9.15 Å². The van der Waals surface area contributed by atoms with Gasteiger partial charge in [-0.1, -0.05) is 0 Å². The molecule has 0 saturated carbocycles. The van der Waals surface area contributed by atoms with Gasteiger partial charge in [-0.2, -0.15) is 18.2 Å². The SMILES string of the molecule is CC(C)(C)OC(=O)N1C2CCCC1CN(c1nc3cc(C(C)(O)C(F)(F)F)cc(-c4nccs4)c3o1)C2. The van der Waals surface area contributed by atoms with Crippen LogP contribution in [0.2, 0.25) is 0 Å². The number of aromatic nitrogens is 2. The summed E-state index contributed by atoms with van der Waals surface area (Å²) in [4.78, 5) is 25.5. The summed E-state index contributed by atoms with van der Waals surface area (Å²) in [5.74, 6) is 0. The normalized spacial score (nSPS) is 22.3. The average molecular weight is 539 g/mol. The summed E-state index contributed by atoms with van der Waals surface area (Å²) in [5.41, 5.74) is -3.21. The van der Waals surface area contributed by atoms with E-state index in [-0.39, 0.29) is 35.3 Å². The minimum atomic E-state index is -4.89. The molecule has 4 heterocycles. The van der Waals surface area contributed by atoms with E-state index in [0.717, 1.165) is 26.2 Å². The fourth-order valence-electron chi connectivity index (χ4n) is 4.99. The number of amides is 1. The van der Waals surface area contributed by atoms with E-state index in [1.807, 2.05) is 30.6 Å². The zero-order valence-electron chi connectivity index (χ0n) is 21.0. The van der Waals surface area contributed by atoms with Crippen LogP contribution in [0.4, 0.5) is 24.0 Å². The van der Waals surface area contributed by atoms with Crippen LogP contribution in [0.25, 0.3) is 21.7 Å². The number of piperazine rings is 1. The van der Waals surface area contributed by atoms with Gasteiger partial charge in [-0.3, -0.25) is 4.90 Å². The Bertz CT molecular complexity index is 1290. The largest absolute Gasteiger partial charge is 0.444 e. The van der Waals surface area contributed by atoms with Crippen LogP contribution in [-0.4, -0.2) is 63.0 Å². The number of thiazole rings is 1. The van der Waals surface area contributed by atoms with Crippen LogP contribution in [0, 0.1) is 0 Å². The third kappa shape index (κ3) is 4.76. The van der Waals surface area contributed by atoms with Crippen molar-refractivity contribution in [1.82, 2.24) is 14.9 Å². The highest BCUT2D eigenvalue weighted by Crippen LogP contribution is 2.43. The van der Waals surface area contributed by atoms with Gasteiger partial charge in [0.15, 0.2) is 11.2 Å². The van der Waals surface area contributed by atoms with Crippen molar-refractivity contribution in [3.05, 3.63) is 29.3 Å². The maximum absolute atomic E-state index is 13.7. The van der Waals surface area contributed by atoms with Crippen molar-refractivity contribution in [3.8, 4) is 10.6 Å². The zero-order valence-corrected chi connectivity index (χ0v) is 21.8. The number of alkyl halides is 3. The summed E-state index contributed by atoms with van der Waals surface area (Å²) >= 11 is 1.25. The van der Waals surface area contributed by atoms with Gasteiger partial charge in [-0.25, -0.2) is 9.78 Å². The van der Waals surface area contributed by atoms with Crippen molar-refractivity contribution in [2.45, 2.75) is 76.4 Å². The topological polar surface area (TPSA) is 91.9 Å². The lowest BCUT2D eigenvalue weighted by molar-refractivity contribution is -0.258. The Balaban J connectivity index is 1.51. The van der Waals surface area contributed by atoms with Crippen LogP contribution in [-0.2, 0) is 10.3 Å². The van der Waals surface area contributed by atoms with Crippen LogP contribution in [0.5, 0.6) is 0 Å². The van der Waals surface area contributed by atoms with E-state index in [0.29, 0.717) is 29.2 Å². The quantitative estimate of drug-likeness (QED) is 0.457. The molecule has 2 bridgehead atoms. The molecule has 0 spiro atoms. The molecule has 1 amide bonds.